The minimum Gasteiger partial charge on any atom is -0.466 e. The molecule has 3 N–H and O–H groups in total. The van der Waals surface area contributed by atoms with Crippen LogP contribution < -0.4 is 0 Å². The van der Waals surface area contributed by atoms with Gasteiger partial charge >= 0.3 is 5.97 Å². The van der Waals surface area contributed by atoms with Crippen molar-refractivity contribution in [3.8, 4) is 0 Å². The minimum absolute atomic E-state index is 0.108. The summed E-state index contributed by atoms with van der Waals surface area (Å²) in [5.41, 5.74) is -0.0928. The van der Waals surface area contributed by atoms with E-state index in [2.05, 4.69) is 20.8 Å². The Labute approximate surface area is 194 Å². The van der Waals surface area contributed by atoms with E-state index < -0.39 is 0 Å². The molecule has 0 heterocycles. The topological polar surface area (TPSA) is 87.0 Å². The molecule has 4 aliphatic rings. The van der Waals surface area contributed by atoms with E-state index in [1.54, 1.807) is 0 Å². The molecule has 184 valence electrons. The van der Waals surface area contributed by atoms with E-state index in [4.69, 9.17) is 4.74 Å². The number of hydrogen-bond donors (Lipinski definition) is 3. The van der Waals surface area contributed by atoms with Gasteiger partial charge in [0.1, 0.15) is 0 Å². The standard InChI is InChI=1S/C27H46O5/c1-5-12-32-24(31)9-6-16(2)19-7-8-20-25-21(15-23(30)27(19,20)4)26(3)11-10-18(28)13-17(26)14-22(25)29/h16-23,25,28-30H,5-15H2,1-4H3/t16-,17+,18-,19-,20+,21+,22-,23+,25+,26+,27-/m1/s1. The number of carbonyl (C=O) groups is 1. The van der Waals surface area contributed by atoms with Crippen LogP contribution in [0.5, 0.6) is 0 Å². The third-order valence-corrected chi connectivity index (χ3v) is 10.8. The van der Waals surface area contributed by atoms with Crippen LogP contribution >= 0.6 is 0 Å². The molecule has 4 aliphatic carbocycles. The molecule has 5 heteroatoms. The second-order valence-corrected chi connectivity index (χ2v) is 12.3. The van der Waals surface area contributed by atoms with Crippen LogP contribution in [0.3, 0.4) is 0 Å². The highest BCUT2D eigenvalue weighted by molar-refractivity contribution is 5.69. The summed E-state index contributed by atoms with van der Waals surface area (Å²) < 4.78 is 5.27. The van der Waals surface area contributed by atoms with E-state index in [1.165, 1.54) is 0 Å². The molecule has 0 unspecified atom stereocenters. The van der Waals surface area contributed by atoms with Crippen molar-refractivity contribution in [1.82, 2.24) is 0 Å². The first-order valence-electron chi connectivity index (χ1n) is 13.3. The van der Waals surface area contributed by atoms with Crippen molar-refractivity contribution in [3.05, 3.63) is 0 Å². The van der Waals surface area contributed by atoms with Gasteiger partial charge in [0.15, 0.2) is 0 Å². The molecule has 11 atom stereocenters. The van der Waals surface area contributed by atoms with Crippen molar-refractivity contribution in [2.45, 2.75) is 110 Å². The quantitative estimate of drug-likeness (QED) is 0.525. The lowest BCUT2D eigenvalue weighted by Gasteiger charge is -2.63. The summed E-state index contributed by atoms with van der Waals surface area (Å²) in [6, 6.07) is 0. The van der Waals surface area contributed by atoms with E-state index in [9.17, 15) is 20.1 Å². The molecular formula is C27H46O5. The van der Waals surface area contributed by atoms with Crippen molar-refractivity contribution >= 4 is 5.97 Å². The Kier molecular flexibility index (Phi) is 7.03. The Balaban J connectivity index is 1.51. The maximum atomic E-state index is 12.0. The van der Waals surface area contributed by atoms with Crippen LogP contribution in [0.15, 0.2) is 0 Å². The Hall–Kier alpha value is -0.650. The summed E-state index contributed by atoms with van der Waals surface area (Å²) in [6.45, 7) is 9.38. The summed E-state index contributed by atoms with van der Waals surface area (Å²) in [7, 11) is 0. The van der Waals surface area contributed by atoms with Gasteiger partial charge in [-0.2, -0.15) is 0 Å². The van der Waals surface area contributed by atoms with Gasteiger partial charge in [-0.15, -0.1) is 0 Å². The second-order valence-electron chi connectivity index (χ2n) is 12.3. The zero-order valence-electron chi connectivity index (χ0n) is 20.6. The maximum Gasteiger partial charge on any atom is 0.305 e. The summed E-state index contributed by atoms with van der Waals surface area (Å²) in [6.07, 6.45) is 7.48. The first kappa shape index (κ1) is 24.5. The van der Waals surface area contributed by atoms with Gasteiger partial charge in [-0.1, -0.05) is 27.7 Å². The van der Waals surface area contributed by atoms with Crippen LogP contribution in [0, 0.1) is 46.3 Å². The highest BCUT2D eigenvalue weighted by Crippen LogP contribution is 2.68. The summed E-state index contributed by atoms with van der Waals surface area (Å²) in [5.74, 6) is 1.86. The lowest BCUT2D eigenvalue weighted by molar-refractivity contribution is -0.207. The number of esters is 1. The number of rotatable bonds is 6. The van der Waals surface area contributed by atoms with Crippen molar-refractivity contribution < 1.29 is 24.9 Å². The predicted molar refractivity (Wildman–Crippen MR) is 124 cm³/mol. The number of hydrogen-bond acceptors (Lipinski definition) is 5. The van der Waals surface area contributed by atoms with Crippen LogP contribution in [0.2, 0.25) is 0 Å². The third kappa shape index (κ3) is 3.94. The normalized spacial score (nSPS) is 49.0. The highest BCUT2D eigenvalue weighted by Gasteiger charge is 2.65. The molecule has 32 heavy (non-hydrogen) atoms. The molecule has 0 spiro atoms. The number of aliphatic hydroxyl groups is 3. The van der Waals surface area contributed by atoms with Gasteiger partial charge in [0, 0.05) is 6.42 Å². The van der Waals surface area contributed by atoms with Crippen molar-refractivity contribution in [3.63, 3.8) is 0 Å². The third-order valence-electron chi connectivity index (χ3n) is 10.8. The van der Waals surface area contributed by atoms with Crippen molar-refractivity contribution in [2.24, 2.45) is 46.3 Å². The predicted octanol–water partition coefficient (Wildman–Crippen LogP) is 4.32. The van der Waals surface area contributed by atoms with E-state index >= 15 is 0 Å². The van der Waals surface area contributed by atoms with Crippen molar-refractivity contribution in [2.75, 3.05) is 6.61 Å². The highest BCUT2D eigenvalue weighted by atomic mass is 16.5. The van der Waals surface area contributed by atoms with Gasteiger partial charge in [0.25, 0.3) is 0 Å². The molecule has 4 rings (SSSR count). The lowest BCUT2D eigenvalue weighted by atomic mass is 9.43. The Morgan fingerprint density at radius 2 is 1.81 bits per heavy atom. The molecule has 0 aromatic heterocycles. The molecule has 4 saturated carbocycles. The smallest absolute Gasteiger partial charge is 0.305 e. The molecular weight excluding hydrogens is 404 g/mol. The van der Waals surface area contributed by atoms with E-state index in [0.717, 1.165) is 57.8 Å². The minimum atomic E-state index is -0.370. The van der Waals surface area contributed by atoms with Gasteiger partial charge in [0.05, 0.1) is 24.9 Å². The molecule has 0 saturated heterocycles. The van der Waals surface area contributed by atoms with Crippen LogP contribution in [-0.4, -0.2) is 46.2 Å². The fraction of sp³-hybridized carbons (Fsp3) is 0.963. The second kappa shape index (κ2) is 9.19. The largest absolute Gasteiger partial charge is 0.466 e. The molecule has 5 nitrogen and oxygen atoms in total. The zero-order valence-corrected chi connectivity index (χ0v) is 20.6. The molecule has 0 radical (unpaired) electrons. The number of ether oxygens (including phenoxy) is 1. The monoisotopic (exact) mass is 450 g/mol. The SMILES string of the molecule is CCCOC(=O)CC[C@@H](C)[C@H]1CC[C@H]2[C@@H]3[C@H](O)C[C@@H]4C[C@H](O)CC[C@]4(C)[C@H]3C[C@H](O)[C@]12C. The van der Waals surface area contributed by atoms with Gasteiger partial charge in [-0.3, -0.25) is 4.79 Å². The lowest BCUT2D eigenvalue weighted by Crippen LogP contribution is -2.62. The first-order valence-corrected chi connectivity index (χ1v) is 13.3. The average Bonchev–Trinajstić information content (AvgIpc) is 3.11. The summed E-state index contributed by atoms with van der Waals surface area (Å²) in [4.78, 5) is 12.0. The van der Waals surface area contributed by atoms with Gasteiger partial charge in [0.2, 0.25) is 0 Å². The number of aliphatic hydroxyl groups excluding tert-OH is 3. The Morgan fingerprint density at radius 3 is 2.53 bits per heavy atom. The zero-order chi connectivity index (χ0) is 23.3. The maximum absolute atomic E-state index is 12.0. The first-order chi connectivity index (χ1) is 15.1. The molecule has 0 aromatic rings. The molecule has 0 aromatic carbocycles. The van der Waals surface area contributed by atoms with Crippen LogP contribution in [0.4, 0.5) is 0 Å². The number of carbonyl (C=O) groups excluding carboxylic acids is 1. The van der Waals surface area contributed by atoms with Crippen LogP contribution in [-0.2, 0) is 9.53 Å². The summed E-state index contributed by atoms with van der Waals surface area (Å²) in [5, 5.41) is 33.2. The average molecular weight is 451 g/mol. The molecule has 4 fully saturated rings. The Morgan fingerprint density at radius 1 is 1.06 bits per heavy atom. The molecule has 0 amide bonds. The number of fused-ring (bicyclic) bond motifs is 5. The van der Waals surface area contributed by atoms with Crippen LogP contribution in [0.25, 0.3) is 0 Å². The molecule has 0 bridgehead atoms. The van der Waals surface area contributed by atoms with Crippen molar-refractivity contribution in [1.29, 1.82) is 0 Å². The van der Waals surface area contributed by atoms with Gasteiger partial charge in [-0.05, 0) is 104 Å². The fourth-order valence-corrected chi connectivity index (χ4v) is 8.97. The molecule has 0 aliphatic heterocycles. The van der Waals surface area contributed by atoms with E-state index in [1.807, 2.05) is 6.92 Å². The Bertz CT molecular complexity index is 681. The van der Waals surface area contributed by atoms with Gasteiger partial charge in [-0.25, -0.2) is 0 Å². The summed E-state index contributed by atoms with van der Waals surface area (Å²) >= 11 is 0. The fourth-order valence-electron chi connectivity index (χ4n) is 8.97. The van der Waals surface area contributed by atoms with Gasteiger partial charge < -0.3 is 20.1 Å². The van der Waals surface area contributed by atoms with E-state index in [0.29, 0.717) is 42.6 Å². The van der Waals surface area contributed by atoms with Crippen LogP contribution in [0.1, 0.15) is 91.9 Å². The van der Waals surface area contributed by atoms with E-state index in [-0.39, 0.29) is 41.0 Å².